The molecule has 3 aromatic rings. The molecule has 0 bridgehead atoms. The summed E-state index contributed by atoms with van der Waals surface area (Å²) in [4.78, 5) is 55.6. The monoisotopic (exact) mass is 659 g/mol. The lowest BCUT2D eigenvalue weighted by molar-refractivity contribution is -0.161. The van der Waals surface area contributed by atoms with Crippen LogP contribution in [0.2, 0.25) is 0 Å². The van der Waals surface area contributed by atoms with Gasteiger partial charge in [-0.3, -0.25) is 19.2 Å². The summed E-state index contributed by atoms with van der Waals surface area (Å²) in [6.07, 6.45) is 5.91. The molecule has 3 rings (SSSR count). The highest BCUT2D eigenvalue weighted by atomic mass is 16.6. The zero-order chi connectivity index (χ0) is 35.1. The maximum absolute atomic E-state index is 13.7. The van der Waals surface area contributed by atoms with Gasteiger partial charge in [0.2, 0.25) is 11.8 Å². The number of ether oxygens (including phenoxy) is 2. The average Bonchev–Trinajstić information content (AvgIpc) is 3.44. The summed E-state index contributed by atoms with van der Waals surface area (Å²) in [6, 6.07) is 16.1. The number of amides is 2. The third-order valence-electron chi connectivity index (χ3n) is 7.70. The molecule has 0 radical (unpaired) electrons. The van der Waals surface area contributed by atoms with Gasteiger partial charge in [0.1, 0.15) is 12.2 Å². The van der Waals surface area contributed by atoms with Crippen molar-refractivity contribution in [3.63, 3.8) is 0 Å². The fourth-order valence-electron chi connectivity index (χ4n) is 5.44. The van der Waals surface area contributed by atoms with Crippen molar-refractivity contribution in [2.45, 2.75) is 77.0 Å². The van der Waals surface area contributed by atoms with Crippen LogP contribution >= 0.6 is 0 Å². The molecule has 4 atom stereocenters. The van der Waals surface area contributed by atoms with Crippen LogP contribution in [0.15, 0.2) is 86.1 Å². The molecule has 2 amide bonds. The van der Waals surface area contributed by atoms with E-state index in [-0.39, 0.29) is 44.8 Å². The first-order valence-corrected chi connectivity index (χ1v) is 16.3. The summed E-state index contributed by atoms with van der Waals surface area (Å²) < 4.78 is 11.1. The van der Waals surface area contributed by atoms with Crippen LogP contribution < -0.4 is 10.6 Å². The number of benzene rings is 2. The summed E-state index contributed by atoms with van der Waals surface area (Å²) in [7, 11) is 0. The van der Waals surface area contributed by atoms with Crippen molar-refractivity contribution < 1.29 is 33.8 Å². The summed E-state index contributed by atoms with van der Waals surface area (Å²) in [5.74, 6) is -3.44. The van der Waals surface area contributed by atoms with E-state index in [1.54, 1.807) is 32.9 Å². The average molecular weight is 660 g/mol. The zero-order valence-corrected chi connectivity index (χ0v) is 28.2. The summed E-state index contributed by atoms with van der Waals surface area (Å²) in [6.45, 7) is 12.3. The van der Waals surface area contributed by atoms with Crippen molar-refractivity contribution in [2.24, 2.45) is 11.8 Å². The lowest BCUT2D eigenvalue weighted by Gasteiger charge is -2.24. The topological polar surface area (TPSA) is 147 Å². The molecule has 48 heavy (non-hydrogen) atoms. The van der Waals surface area contributed by atoms with E-state index in [1.165, 1.54) is 0 Å². The molecule has 10 nitrogen and oxygen atoms in total. The Labute approximate surface area is 283 Å². The third kappa shape index (κ3) is 12.5. The van der Waals surface area contributed by atoms with Gasteiger partial charge in [0.25, 0.3) is 0 Å². The predicted molar refractivity (Wildman–Crippen MR) is 186 cm³/mol. The molecule has 0 spiro atoms. The molecular weight excluding hydrogens is 610 g/mol. The summed E-state index contributed by atoms with van der Waals surface area (Å²) in [5.41, 5.74) is 2.10. The van der Waals surface area contributed by atoms with Gasteiger partial charge in [-0.15, -0.1) is 13.2 Å². The van der Waals surface area contributed by atoms with Crippen molar-refractivity contribution in [1.82, 2.24) is 15.6 Å². The molecule has 0 unspecified atom stereocenters. The molecule has 0 saturated heterocycles. The van der Waals surface area contributed by atoms with Crippen LogP contribution in [0.25, 0.3) is 10.9 Å². The minimum Gasteiger partial charge on any atom is -0.463 e. The largest absolute Gasteiger partial charge is 0.463 e. The fourth-order valence-corrected chi connectivity index (χ4v) is 5.44. The number of fused-ring (bicyclic) bond motifs is 1. The Kier molecular flexibility index (Phi) is 14.6. The SMILES string of the molecule is C=CC[C@@H](CC(=O)N[C@@H](CO)Cc1ccccc1)C(=O)N[C@H](COC(=O)[C@H](CC=C)CC(=O)OC(C)(C)C)Cc1c[nH]c2ccccc12. The van der Waals surface area contributed by atoms with Gasteiger partial charge < -0.3 is 30.2 Å². The number of rotatable bonds is 19. The molecule has 0 saturated carbocycles. The summed E-state index contributed by atoms with van der Waals surface area (Å²) >= 11 is 0. The van der Waals surface area contributed by atoms with Crippen molar-refractivity contribution in [2.75, 3.05) is 13.2 Å². The van der Waals surface area contributed by atoms with E-state index in [2.05, 4.69) is 28.8 Å². The first-order valence-electron chi connectivity index (χ1n) is 16.3. The second-order valence-corrected chi connectivity index (χ2v) is 13.0. The normalized spacial score (nSPS) is 13.8. The molecule has 1 aromatic heterocycles. The number of nitrogens with one attached hydrogen (secondary N) is 3. The van der Waals surface area contributed by atoms with Crippen LogP contribution in [0.1, 0.15) is 57.6 Å². The molecule has 4 N–H and O–H groups in total. The fraction of sp³-hybridized carbons (Fsp3) is 0.421. The van der Waals surface area contributed by atoms with Gasteiger partial charge in [-0.25, -0.2) is 0 Å². The van der Waals surface area contributed by atoms with E-state index in [1.807, 2.05) is 60.8 Å². The van der Waals surface area contributed by atoms with Gasteiger partial charge in [-0.1, -0.05) is 60.7 Å². The van der Waals surface area contributed by atoms with Gasteiger partial charge in [0, 0.05) is 23.5 Å². The van der Waals surface area contributed by atoms with E-state index in [4.69, 9.17) is 9.47 Å². The van der Waals surface area contributed by atoms with E-state index >= 15 is 0 Å². The van der Waals surface area contributed by atoms with Gasteiger partial charge in [0.05, 0.1) is 36.9 Å². The lowest BCUT2D eigenvalue weighted by Crippen LogP contribution is -2.45. The minimum absolute atomic E-state index is 0.125. The molecule has 0 aliphatic heterocycles. The van der Waals surface area contributed by atoms with E-state index < -0.39 is 47.4 Å². The van der Waals surface area contributed by atoms with Gasteiger partial charge >= 0.3 is 11.9 Å². The van der Waals surface area contributed by atoms with Crippen LogP contribution in [0.5, 0.6) is 0 Å². The number of carbonyl (C=O) groups is 4. The Hall–Kier alpha value is -4.70. The van der Waals surface area contributed by atoms with Crippen LogP contribution in [-0.2, 0) is 41.5 Å². The molecule has 10 heteroatoms. The Morgan fingerprint density at radius 1 is 0.875 bits per heavy atom. The first-order chi connectivity index (χ1) is 22.9. The number of para-hydroxylation sites is 1. The molecular formula is C38H49N3O7. The number of carbonyl (C=O) groups excluding carboxylic acids is 4. The number of hydrogen-bond donors (Lipinski definition) is 4. The van der Waals surface area contributed by atoms with Gasteiger partial charge in [-0.05, 0) is 63.6 Å². The highest BCUT2D eigenvalue weighted by Gasteiger charge is 2.29. The van der Waals surface area contributed by atoms with Crippen molar-refractivity contribution >= 4 is 34.7 Å². The van der Waals surface area contributed by atoms with Crippen LogP contribution in [0, 0.1) is 11.8 Å². The third-order valence-corrected chi connectivity index (χ3v) is 7.70. The molecule has 258 valence electrons. The Bertz CT molecular complexity index is 1530. The highest BCUT2D eigenvalue weighted by molar-refractivity contribution is 5.87. The highest BCUT2D eigenvalue weighted by Crippen LogP contribution is 2.21. The number of aliphatic hydroxyl groups excluding tert-OH is 1. The molecule has 0 aliphatic carbocycles. The Morgan fingerprint density at radius 2 is 1.54 bits per heavy atom. The van der Waals surface area contributed by atoms with Crippen LogP contribution in [-0.4, -0.2) is 64.7 Å². The van der Waals surface area contributed by atoms with Gasteiger partial charge in [0.15, 0.2) is 0 Å². The van der Waals surface area contributed by atoms with E-state index in [0.717, 1.165) is 22.0 Å². The standard InChI is InChI=1S/C38H49N3O7/c1-6-13-27(21-34(43)40-30(24-42)19-26-15-9-8-10-16-26)36(45)41-31(20-29-23-39-33-18-12-11-17-32(29)33)25-47-37(46)28(14-7-2)22-35(44)48-38(3,4)5/h6-12,15-18,23,27-28,30-31,39,42H,1-2,13-14,19-22,24-25H2,3-5H3,(H,40,43)(H,41,45)/t27-,28+,30+,31-/m0/s1. The molecule has 1 heterocycles. The molecule has 2 aromatic carbocycles. The molecule has 0 fully saturated rings. The Balaban J connectivity index is 1.73. The maximum Gasteiger partial charge on any atom is 0.309 e. The van der Waals surface area contributed by atoms with E-state index in [0.29, 0.717) is 12.8 Å². The smallest absolute Gasteiger partial charge is 0.309 e. The molecule has 0 aliphatic rings. The van der Waals surface area contributed by atoms with Crippen molar-refractivity contribution in [3.05, 3.63) is 97.2 Å². The van der Waals surface area contributed by atoms with Crippen LogP contribution in [0.4, 0.5) is 0 Å². The second-order valence-electron chi connectivity index (χ2n) is 13.0. The lowest BCUT2D eigenvalue weighted by atomic mass is 9.97. The quantitative estimate of drug-likeness (QED) is 0.105. The van der Waals surface area contributed by atoms with Gasteiger partial charge in [-0.2, -0.15) is 0 Å². The predicted octanol–water partition coefficient (Wildman–Crippen LogP) is 4.96. The number of aromatic amines is 1. The zero-order valence-electron chi connectivity index (χ0n) is 28.2. The van der Waals surface area contributed by atoms with E-state index in [9.17, 15) is 24.3 Å². The van der Waals surface area contributed by atoms with Crippen LogP contribution in [0.3, 0.4) is 0 Å². The van der Waals surface area contributed by atoms with Crippen molar-refractivity contribution in [1.29, 1.82) is 0 Å². The number of allylic oxidation sites excluding steroid dienone is 2. The minimum atomic E-state index is -0.797. The summed E-state index contributed by atoms with van der Waals surface area (Å²) in [5, 5.41) is 16.7. The van der Waals surface area contributed by atoms with Crippen molar-refractivity contribution in [3.8, 4) is 0 Å². The number of aliphatic hydroxyl groups is 1. The number of hydrogen-bond acceptors (Lipinski definition) is 7. The second kappa shape index (κ2) is 18.6. The number of aromatic nitrogens is 1. The number of esters is 2. The maximum atomic E-state index is 13.7. The number of H-pyrrole nitrogens is 1. The Morgan fingerprint density at radius 3 is 2.21 bits per heavy atom. The first kappa shape index (κ1) is 37.8.